The molecule has 1 N–H and O–H groups in total. The minimum Gasteiger partial charge on any atom is -0.384 e. The van der Waals surface area contributed by atoms with E-state index >= 15 is 0 Å². The Hall–Kier alpha value is -0.400. The molecule has 0 unspecified atom stereocenters. The SMILES string of the molecule is CCCCCCNc1c(C)ccc(Cl)c1Cl. The van der Waals surface area contributed by atoms with E-state index in [1.54, 1.807) is 0 Å². The highest BCUT2D eigenvalue weighted by Gasteiger charge is 2.06. The Balaban J connectivity index is 2.50. The monoisotopic (exact) mass is 259 g/mol. The summed E-state index contributed by atoms with van der Waals surface area (Å²) in [6.45, 7) is 5.21. The molecule has 16 heavy (non-hydrogen) atoms. The molecule has 0 bridgehead atoms. The lowest BCUT2D eigenvalue weighted by atomic mass is 10.1. The van der Waals surface area contributed by atoms with Gasteiger partial charge in [0.05, 0.1) is 15.7 Å². The van der Waals surface area contributed by atoms with Crippen molar-refractivity contribution in [2.75, 3.05) is 11.9 Å². The Kier molecular flexibility index (Phi) is 6.00. The molecular weight excluding hydrogens is 241 g/mol. The largest absolute Gasteiger partial charge is 0.384 e. The number of halogens is 2. The summed E-state index contributed by atoms with van der Waals surface area (Å²) < 4.78 is 0. The van der Waals surface area contributed by atoms with Gasteiger partial charge >= 0.3 is 0 Å². The Morgan fingerprint density at radius 1 is 1.12 bits per heavy atom. The second-order valence-corrected chi connectivity index (χ2v) is 4.83. The van der Waals surface area contributed by atoms with E-state index in [4.69, 9.17) is 23.2 Å². The van der Waals surface area contributed by atoms with Gasteiger partial charge in [-0.2, -0.15) is 0 Å². The van der Waals surface area contributed by atoms with E-state index in [-0.39, 0.29) is 0 Å². The zero-order chi connectivity index (χ0) is 12.0. The molecule has 1 rings (SSSR count). The Morgan fingerprint density at radius 3 is 2.56 bits per heavy atom. The van der Waals surface area contributed by atoms with Gasteiger partial charge in [0.2, 0.25) is 0 Å². The zero-order valence-electron chi connectivity index (χ0n) is 9.95. The number of hydrogen-bond acceptors (Lipinski definition) is 1. The first-order valence-corrected chi connectivity index (χ1v) is 6.61. The van der Waals surface area contributed by atoms with Crippen LogP contribution < -0.4 is 5.32 Å². The second kappa shape index (κ2) is 7.03. The molecule has 0 radical (unpaired) electrons. The minimum absolute atomic E-state index is 0.614. The van der Waals surface area contributed by atoms with Crippen LogP contribution in [0.4, 0.5) is 5.69 Å². The number of rotatable bonds is 6. The lowest BCUT2D eigenvalue weighted by Crippen LogP contribution is -2.03. The lowest BCUT2D eigenvalue weighted by Gasteiger charge is -2.12. The Labute approximate surface area is 108 Å². The van der Waals surface area contributed by atoms with Crippen molar-refractivity contribution in [1.29, 1.82) is 0 Å². The maximum atomic E-state index is 6.14. The number of anilines is 1. The molecule has 1 nitrogen and oxygen atoms in total. The normalized spacial score (nSPS) is 10.5. The predicted octanol–water partition coefficient (Wildman–Crippen LogP) is 5.29. The van der Waals surface area contributed by atoms with Crippen molar-refractivity contribution >= 4 is 28.9 Å². The van der Waals surface area contributed by atoms with Gasteiger partial charge in [-0.05, 0) is 25.0 Å². The standard InChI is InChI=1S/C13H19Cl2N/c1-3-4-5-6-9-16-13-10(2)7-8-11(14)12(13)15/h7-8,16H,3-6,9H2,1-2H3. The van der Waals surface area contributed by atoms with Gasteiger partial charge in [0.1, 0.15) is 0 Å². The molecule has 0 aromatic heterocycles. The van der Waals surface area contributed by atoms with Gasteiger partial charge in [-0.1, -0.05) is 55.5 Å². The molecular formula is C13H19Cl2N. The van der Waals surface area contributed by atoms with Gasteiger partial charge < -0.3 is 5.32 Å². The van der Waals surface area contributed by atoms with Crippen LogP contribution in [0.2, 0.25) is 10.0 Å². The van der Waals surface area contributed by atoms with Crippen molar-refractivity contribution in [3.63, 3.8) is 0 Å². The van der Waals surface area contributed by atoms with Crippen LogP contribution in [-0.2, 0) is 0 Å². The molecule has 0 aliphatic carbocycles. The zero-order valence-corrected chi connectivity index (χ0v) is 11.5. The van der Waals surface area contributed by atoms with Gasteiger partial charge in [0, 0.05) is 6.54 Å². The molecule has 1 aromatic rings. The number of nitrogens with one attached hydrogen (secondary N) is 1. The van der Waals surface area contributed by atoms with Crippen molar-refractivity contribution in [3.8, 4) is 0 Å². The molecule has 90 valence electrons. The van der Waals surface area contributed by atoms with E-state index in [1.807, 2.05) is 19.1 Å². The molecule has 0 atom stereocenters. The molecule has 0 fully saturated rings. The van der Waals surface area contributed by atoms with Crippen molar-refractivity contribution in [3.05, 3.63) is 27.7 Å². The Bertz CT molecular complexity index is 337. The van der Waals surface area contributed by atoms with Crippen molar-refractivity contribution in [2.45, 2.75) is 39.5 Å². The molecule has 0 saturated heterocycles. The van der Waals surface area contributed by atoms with Gasteiger partial charge in [0.25, 0.3) is 0 Å². The van der Waals surface area contributed by atoms with E-state index < -0.39 is 0 Å². The van der Waals surface area contributed by atoms with Crippen LogP contribution in [0.3, 0.4) is 0 Å². The molecule has 0 heterocycles. The van der Waals surface area contributed by atoms with Gasteiger partial charge in [-0.15, -0.1) is 0 Å². The summed E-state index contributed by atoms with van der Waals surface area (Å²) in [7, 11) is 0. The van der Waals surface area contributed by atoms with Crippen LogP contribution in [0.5, 0.6) is 0 Å². The first kappa shape index (κ1) is 13.7. The molecule has 1 aromatic carbocycles. The maximum absolute atomic E-state index is 6.14. The lowest BCUT2D eigenvalue weighted by molar-refractivity contribution is 0.685. The summed E-state index contributed by atoms with van der Waals surface area (Å²) in [5.41, 5.74) is 2.12. The number of benzene rings is 1. The second-order valence-electron chi connectivity index (χ2n) is 4.04. The van der Waals surface area contributed by atoms with Crippen molar-refractivity contribution < 1.29 is 0 Å². The first-order valence-electron chi connectivity index (χ1n) is 5.85. The fraction of sp³-hybridized carbons (Fsp3) is 0.538. The van der Waals surface area contributed by atoms with Crippen LogP contribution in [0.1, 0.15) is 38.2 Å². The molecule has 0 aliphatic heterocycles. The summed E-state index contributed by atoms with van der Waals surface area (Å²) in [4.78, 5) is 0. The van der Waals surface area contributed by atoms with Crippen LogP contribution in [0, 0.1) is 6.92 Å². The fourth-order valence-corrected chi connectivity index (χ4v) is 2.07. The summed E-state index contributed by atoms with van der Waals surface area (Å²) in [6, 6.07) is 3.82. The quantitative estimate of drug-likeness (QED) is 0.685. The summed E-state index contributed by atoms with van der Waals surface area (Å²) in [6.07, 6.45) is 5.00. The topological polar surface area (TPSA) is 12.0 Å². The van der Waals surface area contributed by atoms with Crippen molar-refractivity contribution in [1.82, 2.24) is 0 Å². The molecule has 0 amide bonds. The number of aryl methyl sites for hydroxylation is 1. The van der Waals surface area contributed by atoms with Crippen LogP contribution in [-0.4, -0.2) is 6.54 Å². The smallest absolute Gasteiger partial charge is 0.0826 e. The average Bonchev–Trinajstić information content (AvgIpc) is 2.28. The van der Waals surface area contributed by atoms with E-state index in [2.05, 4.69) is 12.2 Å². The maximum Gasteiger partial charge on any atom is 0.0826 e. The third-order valence-corrected chi connectivity index (χ3v) is 3.44. The van der Waals surface area contributed by atoms with Crippen molar-refractivity contribution in [2.24, 2.45) is 0 Å². The molecule has 3 heteroatoms. The van der Waals surface area contributed by atoms with E-state index in [0.717, 1.165) is 17.8 Å². The third-order valence-electron chi connectivity index (χ3n) is 2.64. The summed E-state index contributed by atoms with van der Waals surface area (Å²) >= 11 is 12.1. The Morgan fingerprint density at radius 2 is 1.88 bits per heavy atom. The highest BCUT2D eigenvalue weighted by molar-refractivity contribution is 6.43. The summed E-state index contributed by atoms with van der Waals surface area (Å²) in [5.74, 6) is 0. The van der Waals surface area contributed by atoms with Crippen LogP contribution in [0.15, 0.2) is 12.1 Å². The van der Waals surface area contributed by atoms with E-state index in [9.17, 15) is 0 Å². The highest BCUT2D eigenvalue weighted by Crippen LogP contribution is 2.32. The number of unbranched alkanes of at least 4 members (excludes halogenated alkanes) is 3. The predicted molar refractivity (Wildman–Crippen MR) is 73.8 cm³/mol. The first-order chi connectivity index (χ1) is 7.66. The minimum atomic E-state index is 0.614. The van der Waals surface area contributed by atoms with E-state index in [0.29, 0.717) is 10.0 Å². The highest BCUT2D eigenvalue weighted by atomic mass is 35.5. The van der Waals surface area contributed by atoms with Gasteiger partial charge in [0.15, 0.2) is 0 Å². The summed E-state index contributed by atoms with van der Waals surface area (Å²) in [5, 5.41) is 4.62. The average molecular weight is 260 g/mol. The number of hydrogen-bond donors (Lipinski definition) is 1. The van der Waals surface area contributed by atoms with E-state index in [1.165, 1.54) is 25.7 Å². The fourth-order valence-electron chi connectivity index (χ4n) is 1.63. The van der Waals surface area contributed by atoms with Gasteiger partial charge in [-0.25, -0.2) is 0 Å². The van der Waals surface area contributed by atoms with Crippen LogP contribution >= 0.6 is 23.2 Å². The van der Waals surface area contributed by atoms with Crippen LogP contribution in [0.25, 0.3) is 0 Å². The molecule has 0 saturated carbocycles. The van der Waals surface area contributed by atoms with Gasteiger partial charge in [-0.3, -0.25) is 0 Å². The molecule has 0 spiro atoms. The third kappa shape index (κ3) is 3.88. The molecule has 0 aliphatic rings.